The molecule has 106 valence electrons. The maximum atomic E-state index is 12.5. The van der Waals surface area contributed by atoms with Gasteiger partial charge in [0.05, 0.1) is 6.04 Å². The summed E-state index contributed by atoms with van der Waals surface area (Å²) in [6.07, 6.45) is 2.83. The molecule has 3 heteroatoms. The normalized spacial score (nSPS) is 22.3. The summed E-state index contributed by atoms with van der Waals surface area (Å²) in [6.45, 7) is 0. The zero-order valence-electron chi connectivity index (χ0n) is 11.8. The smallest absolute Gasteiger partial charge is 0.243 e. The van der Waals surface area contributed by atoms with E-state index in [1.54, 1.807) is 0 Å². The highest BCUT2D eigenvalue weighted by atomic mass is 16.2. The van der Waals surface area contributed by atoms with Crippen LogP contribution in [-0.2, 0) is 17.6 Å². The molecule has 1 aliphatic heterocycles. The molecule has 0 spiro atoms. The van der Waals surface area contributed by atoms with Crippen LogP contribution in [-0.4, -0.2) is 11.9 Å². The number of anilines is 1. The van der Waals surface area contributed by atoms with Crippen LogP contribution in [0.4, 0.5) is 5.69 Å². The number of rotatable bonds is 2. The molecular weight excluding hydrogens is 260 g/mol. The van der Waals surface area contributed by atoms with Gasteiger partial charge in [-0.25, -0.2) is 0 Å². The van der Waals surface area contributed by atoms with Crippen molar-refractivity contribution < 1.29 is 4.79 Å². The molecule has 0 aromatic heterocycles. The van der Waals surface area contributed by atoms with Gasteiger partial charge in [-0.05, 0) is 35.6 Å². The first-order chi connectivity index (χ1) is 10.3. The van der Waals surface area contributed by atoms with E-state index in [0.717, 1.165) is 24.9 Å². The van der Waals surface area contributed by atoms with E-state index >= 15 is 0 Å². The molecule has 0 saturated heterocycles. The molecule has 1 unspecified atom stereocenters. The van der Waals surface area contributed by atoms with E-state index in [-0.39, 0.29) is 18.0 Å². The Hall–Kier alpha value is -2.29. The Bertz CT molecular complexity index is 670. The summed E-state index contributed by atoms with van der Waals surface area (Å²) in [5, 5.41) is 6.53. The van der Waals surface area contributed by atoms with Crippen LogP contribution < -0.4 is 10.6 Å². The standard InChI is InChI=1S/C18H18N2O/c21-18(17-11-13-6-2-4-8-15(13)19-17)20-16-10-9-12-5-1-3-7-14(12)16/h1-8,16-17,19H,9-11H2,(H,20,21)/t16?,17-/m0/s1. The zero-order valence-corrected chi connectivity index (χ0v) is 11.8. The third kappa shape index (κ3) is 2.19. The number of amides is 1. The van der Waals surface area contributed by atoms with E-state index in [2.05, 4.69) is 34.9 Å². The van der Waals surface area contributed by atoms with Crippen molar-refractivity contribution in [3.63, 3.8) is 0 Å². The molecule has 2 aromatic rings. The Morgan fingerprint density at radius 1 is 1.05 bits per heavy atom. The first kappa shape index (κ1) is 12.5. The molecule has 1 heterocycles. The van der Waals surface area contributed by atoms with Gasteiger partial charge in [0.1, 0.15) is 6.04 Å². The molecule has 2 N–H and O–H groups in total. The number of hydrogen-bond donors (Lipinski definition) is 2. The second-order valence-electron chi connectivity index (χ2n) is 5.86. The summed E-state index contributed by atoms with van der Waals surface area (Å²) >= 11 is 0. The van der Waals surface area contributed by atoms with Gasteiger partial charge >= 0.3 is 0 Å². The molecule has 0 saturated carbocycles. The summed E-state index contributed by atoms with van der Waals surface area (Å²) in [5.74, 6) is 0.105. The summed E-state index contributed by atoms with van der Waals surface area (Å²) < 4.78 is 0. The first-order valence-corrected chi connectivity index (χ1v) is 7.54. The molecule has 1 aliphatic carbocycles. The molecule has 2 aliphatic rings. The molecule has 4 rings (SSSR count). The SMILES string of the molecule is O=C(NC1CCc2ccccc21)[C@@H]1Cc2ccccc2N1. The van der Waals surface area contributed by atoms with Gasteiger partial charge in [0.25, 0.3) is 0 Å². The fourth-order valence-corrected chi connectivity index (χ4v) is 3.44. The largest absolute Gasteiger partial charge is 0.373 e. The third-order valence-corrected chi connectivity index (χ3v) is 4.54. The first-order valence-electron chi connectivity index (χ1n) is 7.54. The fourth-order valence-electron chi connectivity index (χ4n) is 3.44. The van der Waals surface area contributed by atoms with Crippen LogP contribution in [0.1, 0.15) is 29.2 Å². The molecule has 2 atom stereocenters. The van der Waals surface area contributed by atoms with Crippen molar-refractivity contribution >= 4 is 11.6 Å². The number of nitrogens with one attached hydrogen (secondary N) is 2. The Morgan fingerprint density at radius 2 is 1.81 bits per heavy atom. The van der Waals surface area contributed by atoms with Gasteiger partial charge in [0.2, 0.25) is 5.91 Å². The molecule has 3 nitrogen and oxygen atoms in total. The Balaban J connectivity index is 1.47. The maximum Gasteiger partial charge on any atom is 0.243 e. The summed E-state index contributed by atoms with van der Waals surface area (Å²) in [5.41, 5.74) is 4.96. The third-order valence-electron chi connectivity index (χ3n) is 4.54. The topological polar surface area (TPSA) is 41.1 Å². The van der Waals surface area contributed by atoms with E-state index in [1.165, 1.54) is 16.7 Å². The number of benzene rings is 2. The number of aryl methyl sites for hydroxylation is 1. The van der Waals surface area contributed by atoms with Gasteiger partial charge in [-0.3, -0.25) is 4.79 Å². The highest BCUT2D eigenvalue weighted by Gasteiger charge is 2.30. The van der Waals surface area contributed by atoms with Crippen LogP contribution in [0, 0.1) is 0 Å². The summed E-state index contributed by atoms with van der Waals surface area (Å²) in [6, 6.07) is 16.6. The minimum atomic E-state index is -0.143. The van der Waals surface area contributed by atoms with Crippen molar-refractivity contribution in [1.82, 2.24) is 5.32 Å². The van der Waals surface area contributed by atoms with E-state index in [0.29, 0.717) is 0 Å². The van der Waals surface area contributed by atoms with Gasteiger partial charge in [-0.1, -0.05) is 42.5 Å². The lowest BCUT2D eigenvalue weighted by Crippen LogP contribution is -2.39. The van der Waals surface area contributed by atoms with Crippen LogP contribution in [0.25, 0.3) is 0 Å². The zero-order chi connectivity index (χ0) is 14.2. The van der Waals surface area contributed by atoms with Crippen molar-refractivity contribution in [3.05, 3.63) is 65.2 Å². The minimum Gasteiger partial charge on any atom is -0.373 e. The van der Waals surface area contributed by atoms with Crippen LogP contribution in [0.15, 0.2) is 48.5 Å². The number of para-hydroxylation sites is 1. The van der Waals surface area contributed by atoms with Crippen LogP contribution >= 0.6 is 0 Å². The van der Waals surface area contributed by atoms with Crippen LogP contribution in [0.3, 0.4) is 0 Å². The van der Waals surface area contributed by atoms with Gasteiger partial charge < -0.3 is 10.6 Å². The molecule has 21 heavy (non-hydrogen) atoms. The van der Waals surface area contributed by atoms with Crippen molar-refractivity contribution in [1.29, 1.82) is 0 Å². The van der Waals surface area contributed by atoms with Gasteiger partial charge in [0.15, 0.2) is 0 Å². The molecule has 0 radical (unpaired) electrons. The second kappa shape index (κ2) is 4.92. The lowest BCUT2D eigenvalue weighted by molar-refractivity contribution is -0.122. The van der Waals surface area contributed by atoms with E-state index in [1.807, 2.05) is 24.3 Å². The Kier molecular flexibility index (Phi) is 2.92. The summed E-state index contributed by atoms with van der Waals surface area (Å²) in [7, 11) is 0. The predicted octanol–water partition coefficient (Wildman–Crippen LogP) is 2.83. The molecule has 0 bridgehead atoms. The number of fused-ring (bicyclic) bond motifs is 2. The van der Waals surface area contributed by atoms with Crippen molar-refractivity contribution in [2.24, 2.45) is 0 Å². The van der Waals surface area contributed by atoms with Crippen LogP contribution in [0.2, 0.25) is 0 Å². The molecule has 1 amide bonds. The Morgan fingerprint density at radius 3 is 2.67 bits per heavy atom. The molecular formula is C18H18N2O. The maximum absolute atomic E-state index is 12.5. The monoisotopic (exact) mass is 278 g/mol. The fraction of sp³-hybridized carbons (Fsp3) is 0.278. The Labute approximate surface area is 124 Å². The molecule has 2 aromatic carbocycles. The predicted molar refractivity (Wildman–Crippen MR) is 83.2 cm³/mol. The highest BCUT2D eigenvalue weighted by molar-refractivity contribution is 5.87. The van der Waals surface area contributed by atoms with Gasteiger partial charge in [-0.15, -0.1) is 0 Å². The average Bonchev–Trinajstić information content (AvgIpc) is 3.11. The molecule has 0 fully saturated rings. The quantitative estimate of drug-likeness (QED) is 0.887. The van der Waals surface area contributed by atoms with Crippen LogP contribution in [0.5, 0.6) is 0 Å². The lowest BCUT2D eigenvalue weighted by Gasteiger charge is -2.18. The van der Waals surface area contributed by atoms with E-state index in [9.17, 15) is 4.79 Å². The number of hydrogen-bond acceptors (Lipinski definition) is 2. The number of carbonyl (C=O) groups is 1. The van der Waals surface area contributed by atoms with Crippen molar-refractivity contribution in [2.75, 3.05) is 5.32 Å². The van der Waals surface area contributed by atoms with Gasteiger partial charge in [-0.2, -0.15) is 0 Å². The van der Waals surface area contributed by atoms with Crippen molar-refractivity contribution in [3.8, 4) is 0 Å². The lowest BCUT2D eigenvalue weighted by atomic mass is 10.1. The second-order valence-corrected chi connectivity index (χ2v) is 5.86. The summed E-state index contributed by atoms with van der Waals surface area (Å²) in [4.78, 5) is 12.5. The highest BCUT2D eigenvalue weighted by Crippen LogP contribution is 2.31. The van der Waals surface area contributed by atoms with Gasteiger partial charge in [0, 0.05) is 12.1 Å². The number of carbonyl (C=O) groups excluding carboxylic acids is 1. The van der Waals surface area contributed by atoms with Crippen molar-refractivity contribution in [2.45, 2.75) is 31.3 Å². The minimum absolute atomic E-state index is 0.105. The average molecular weight is 278 g/mol. The van der Waals surface area contributed by atoms with E-state index < -0.39 is 0 Å². The van der Waals surface area contributed by atoms with E-state index in [4.69, 9.17) is 0 Å².